The van der Waals surface area contributed by atoms with Gasteiger partial charge in [0.2, 0.25) is 0 Å². The molecule has 0 aliphatic carbocycles. The number of carbonyl (C=O) groups is 2. The minimum Gasteiger partial charge on any atom is -1.00 e. The topological polar surface area (TPSA) is 43.4 Å². The van der Waals surface area contributed by atoms with Crippen LogP contribution in [-0.4, -0.2) is 11.9 Å². The van der Waals surface area contributed by atoms with Crippen molar-refractivity contribution in [2.24, 2.45) is 5.92 Å². The van der Waals surface area contributed by atoms with Crippen LogP contribution in [0.4, 0.5) is 0 Å². The zero-order chi connectivity index (χ0) is 7.44. The fraction of sp³-hybridized carbons (Fsp3) is 0.667. The third-order valence-electron chi connectivity index (χ3n) is 0.716. The maximum Gasteiger partial charge on any atom is 1.00 e. The second-order valence-electron chi connectivity index (χ2n) is 2.07. The van der Waals surface area contributed by atoms with Crippen LogP contribution in [0.5, 0.6) is 0 Å². The van der Waals surface area contributed by atoms with E-state index in [2.05, 4.69) is 4.74 Å². The van der Waals surface area contributed by atoms with E-state index in [4.69, 9.17) is 0 Å². The van der Waals surface area contributed by atoms with Crippen molar-refractivity contribution in [3.63, 3.8) is 0 Å². The summed E-state index contributed by atoms with van der Waals surface area (Å²) in [6.07, 6.45) is 0. The first-order chi connectivity index (χ1) is 4.04. The molecule has 0 aromatic rings. The molecule has 0 radical (unpaired) electrons. The largest absolute Gasteiger partial charge is 1.00 e. The number of ether oxygens (including phenoxy) is 1. The van der Waals surface area contributed by atoms with E-state index >= 15 is 0 Å². The van der Waals surface area contributed by atoms with Gasteiger partial charge in [-0.2, -0.15) is 0 Å². The van der Waals surface area contributed by atoms with Crippen molar-refractivity contribution in [2.75, 3.05) is 0 Å². The second-order valence-corrected chi connectivity index (χ2v) is 2.07. The van der Waals surface area contributed by atoms with E-state index in [9.17, 15) is 9.59 Å². The Morgan fingerprint density at radius 2 is 1.80 bits per heavy atom. The first kappa shape index (κ1) is 13.4. The molecule has 0 aromatic heterocycles. The SMILES string of the molecule is CC(=O)OC(=O)C(C)C.[H-].[K+]. The molecule has 0 aliphatic heterocycles. The van der Waals surface area contributed by atoms with Crippen LogP contribution < -0.4 is 51.4 Å². The maximum absolute atomic E-state index is 10.5. The first-order valence-electron chi connectivity index (χ1n) is 2.76. The standard InChI is InChI=1S/C6H10O3.K.H/c1-4(2)6(8)9-5(3)7;;/h4H,1-3H3;;/q;+1;-1. The summed E-state index contributed by atoms with van der Waals surface area (Å²) in [5.74, 6) is -1.25. The molecule has 0 N–H and O–H groups in total. The molecule has 0 aromatic carbocycles. The van der Waals surface area contributed by atoms with E-state index in [1.807, 2.05) is 0 Å². The molecule has 0 atom stereocenters. The smallest absolute Gasteiger partial charge is 1.00 e. The third kappa shape index (κ3) is 6.89. The van der Waals surface area contributed by atoms with Gasteiger partial charge in [-0.25, -0.2) is 0 Å². The van der Waals surface area contributed by atoms with Crippen LogP contribution in [0.25, 0.3) is 0 Å². The normalized spacial score (nSPS) is 8.40. The van der Waals surface area contributed by atoms with Gasteiger partial charge in [0.05, 0.1) is 5.92 Å². The molecule has 54 valence electrons. The molecule has 0 saturated carbocycles. The van der Waals surface area contributed by atoms with Crippen LogP contribution in [0.3, 0.4) is 0 Å². The van der Waals surface area contributed by atoms with Gasteiger partial charge in [0.25, 0.3) is 0 Å². The van der Waals surface area contributed by atoms with Gasteiger partial charge in [-0.3, -0.25) is 9.59 Å². The average Bonchev–Trinajstić information content (AvgIpc) is 1.63. The van der Waals surface area contributed by atoms with Crippen LogP contribution in [-0.2, 0) is 14.3 Å². The van der Waals surface area contributed by atoms with E-state index < -0.39 is 11.9 Å². The molecule has 0 spiro atoms. The maximum atomic E-state index is 10.5. The molecular weight excluding hydrogens is 159 g/mol. The van der Waals surface area contributed by atoms with Crippen molar-refractivity contribution in [3.8, 4) is 0 Å². The summed E-state index contributed by atoms with van der Waals surface area (Å²) in [5, 5.41) is 0. The molecule has 0 saturated heterocycles. The Balaban J connectivity index is -0.000000320. The summed E-state index contributed by atoms with van der Waals surface area (Å²) in [7, 11) is 0. The summed E-state index contributed by atoms with van der Waals surface area (Å²) >= 11 is 0. The number of hydrogen-bond donors (Lipinski definition) is 0. The van der Waals surface area contributed by atoms with Crippen LogP contribution in [0, 0.1) is 5.92 Å². The number of carbonyl (C=O) groups excluding carboxylic acids is 2. The predicted octanol–water partition coefficient (Wildman–Crippen LogP) is -2.15. The Labute approximate surface area is 104 Å². The minimum absolute atomic E-state index is 0. The molecule has 0 amide bonds. The molecule has 0 aliphatic rings. The van der Waals surface area contributed by atoms with Crippen molar-refractivity contribution in [3.05, 3.63) is 0 Å². The fourth-order valence-electron chi connectivity index (χ4n) is 0.260. The second kappa shape index (κ2) is 6.48. The fourth-order valence-corrected chi connectivity index (χ4v) is 0.260. The number of esters is 2. The van der Waals surface area contributed by atoms with Crippen LogP contribution in [0.1, 0.15) is 22.2 Å². The summed E-state index contributed by atoms with van der Waals surface area (Å²) in [6, 6.07) is 0. The summed E-state index contributed by atoms with van der Waals surface area (Å²) in [5.41, 5.74) is 0. The third-order valence-corrected chi connectivity index (χ3v) is 0.716. The van der Waals surface area contributed by atoms with Crippen molar-refractivity contribution < 1.29 is 67.1 Å². The van der Waals surface area contributed by atoms with Gasteiger partial charge in [0.1, 0.15) is 0 Å². The molecule has 0 heterocycles. The number of hydrogen-bond acceptors (Lipinski definition) is 3. The summed E-state index contributed by atoms with van der Waals surface area (Å²) < 4.78 is 4.23. The van der Waals surface area contributed by atoms with Crippen LogP contribution in [0.15, 0.2) is 0 Å². The summed E-state index contributed by atoms with van der Waals surface area (Å²) in [4.78, 5) is 20.6. The van der Waals surface area contributed by atoms with E-state index in [0.29, 0.717) is 0 Å². The van der Waals surface area contributed by atoms with Gasteiger partial charge in [-0.05, 0) is 0 Å². The molecule has 3 nitrogen and oxygen atoms in total. The molecule has 4 heteroatoms. The van der Waals surface area contributed by atoms with Crippen molar-refractivity contribution in [1.29, 1.82) is 0 Å². The Morgan fingerprint density at radius 3 is 1.90 bits per heavy atom. The van der Waals surface area contributed by atoms with Gasteiger partial charge in [0, 0.05) is 6.92 Å². The quantitative estimate of drug-likeness (QED) is 0.256. The summed E-state index contributed by atoms with van der Waals surface area (Å²) in [6.45, 7) is 4.55. The van der Waals surface area contributed by atoms with Crippen LogP contribution in [0.2, 0.25) is 0 Å². The Hall–Kier alpha value is 0.776. The monoisotopic (exact) mass is 170 g/mol. The Kier molecular flexibility index (Phi) is 8.67. The zero-order valence-corrected chi connectivity index (χ0v) is 9.93. The average molecular weight is 170 g/mol. The van der Waals surface area contributed by atoms with Gasteiger partial charge >= 0.3 is 63.3 Å². The Morgan fingerprint density at radius 1 is 1.40 bits per heavy atom. The van der Waals surface area contributed by atoms with Crippen molar-refractivity contribution in [2.45, 2.75) is 20.8 Å². The van der Waals surface area contributed by atoms with E-state index in [1.165, 1.54) is 6.92 Å². The van der Waals surface area contributed by atoms with E-state index in [0.717, 1.165) is 0 Å². The Bertz CT molecular complexity index is 136. The molecule has 0 bridgehead atoms. The van der Waals surface area contributed by atoms with Gasteiger partial charge in [-0.15, -0.1) is 0 Å². The molecular formula is C6H11KO3. The van der Waals surface area contributed by atoms with Crippen LogP contribution >= 0.6 is 0 Å². The zero-order valence-electron chi connectivity index (χ0n) is 7.80. The van der Waals surface area contributed by atoms with Crippen molar-refractivity contribution in [1.82, 2.24) is 0 Å². The van der Waals surface area contributed by atoms with Gasteiger partial charge in [-0.1, -0.05) is 13.8 Å². The van der Waals surface area contributed by atoms with Crippen molar-refractivity contribution >= 4 is 11.9 Å². The van der Waals surface area contributed by atoms with Gasteiger partial charge < -0.3 is 6.16 Å². The van der Waals surface area contributed by atoms with E-state index in [-0.39, 0.29) is 58.7 Å². The van der Waals surface area contributed by atoms with Gasteiger partial charge in [0.15, 0.2) is 0 Å². The molecule has 0 fully saturated rings. The first-order valence-corrected chi connectivity index (χ1v) is 2.76. The minimum atomic E-state index is -0.547. The predicted molar refractivity (Wildman–Crippen MR) is 32.7 cm³/mol. The number of rotatable bonds is 1. The molecule has 10 heavy (non-hydrogen) atoms. The van der Waals surface area contributed by atoms with E-state index in [1.54, 1.807) is 13.8 Å². The molecule has 0 rings (SSSR count). The molecule has 0 unspecified atom stereocenters.